The van der Waals surface area contributed by atoms with Crippen molar-refractivity contribution in [1.29, 1.82) is 0 Å². The number of fused-ring (bicyclic) bond motifs is 1. The molecule has 12 heteroatoms. The molecule has 42 heavy (non-hydrogen) atoms. The third-order valence-electron chi connectivity index (χ3n) is 6.63. The van der Waals surface area contributed by atoms with Crippen molar-refractivity contribution in [1.82, 2.24) is 4.57 Å². The lowest BCUT2D eigenvalue weighted by Crippen LogP contribution is -2.40. The maximum Gasteiger partial charge on any atom is 0.343 e. The Morgan fingerprint density at radius 3 is 2.50 bits per heavy atom. The van der Waals surface area contributed by atoms with Gasteiger partial charge < -0.3 is 28.3 Å². The van der Waals surface area contributed by atoms with Crippen molar-refractivity contribution < 1.29 is 33.0 Å². The van der Waals surface area contributed by atoms with Crippen molar-refractivity contribution >= 4 is 35.2 Å². The topological polar surface area (TPSA) is 122 Å². The van der Waals surface area contributed by atoms with E-state index in [2.05, 4.69) is 14.6 Å². The minimum absolute atomic E-state index is 0.157. The molecule has 1 aliphatic rings. The smallest absolute Gasteiger partial charge is 0.343 e. The predicted molar refractivity (Wildman–Crippen MR) is 158 cm³/mol. The zero-order valence-corrected chi connectivity index (χ0v) is 25.4. The lowest BCUT2D eigenvalue weighted by atomic mass is 9.95. The second-order valence-electron chi connectivity index (χ2n) is 9.15. The van der Waals surface area contributed by atoms with E-state index in [0.717, 1.165) is 19.0 Å². The number of allylic oxidation sites excluding steroid dienone is 1. The summed E-state index contributed by atoms with van der Waals surface area (Å²) in [5, 5.41) is 0. The number of methoxy groups -OCH3 is 1. The predicted octanol–water partition coefficient (Wildman–Crippen LogP) is 3.19. The van der Waals surface area contributed by atoms with Gasteiger partial charge in [-0.05, 0) is 58.4 Å². The fraction of sp³-hybridized carbons (Fsp3) is 0.400. The number of ether oxygens (including phenoxy) is 4. The van der Waals surface area contributed by atoms with E-state index in [9.17, 15) is 14.4 Å². The van der Waals surface area contributed by atoms with Crippen LogP contribution >= 0.6 is 11.3 Å². The molecule has 0 saturated heterocycles. The molecular weight excluding hydrogens is 562 g/mol. The number of anilines is 1. The van der Waals surface area contributed by atoms with E-state index in [1.165, 1.54) is 23.0 Å². The van der Waals surface area contributed by atoms with E-state index >= 15 is 0 Å². The van der Waals surface area contributed by atoms with Gasteiger partial charge in [0, 0.05) is 25.2 Å². The average molecular weight is 598 g/mol. The molecule has 2 aromatic heterocycles. The number of carbonyl (C=O) groups is 2. The highest BCUT2D eigenvalue weighted by molar-refractivity contribution is 7.07. The Morgan fingerprint density at radius 1 is 1.07 bits per heavy atom. The van der Waals surface area contributed by atoms with Crippen LogP contribution in [-0.4, -0.2) is 56.5 Å². The summed E-state index contributed by atoms with van der Waals surface area (Å²) in [7, 11) is 1.27. The number of esters is 2. The summed E-state index contributed by atoms with van der Waals surface area (Å²) in [4.78, 5) is 45.9. The van der Waals surface area contributed by atoms with Crippen LogP contribution in [0, 0.1) is 0 Å². The van der Waals surface area contributed by atoms with E-state index in [1.807, 2.05) is 32.9 Å². The van der Waals surface area contributed by atoms with E-state index in [-0.39, 0.29) is 24.3 Å². The van der Waals surface area contributed by atoms with Gasteiger partial charge in [0.1, 0.15) is 5.76 Å². The summed E-state index contributed by atoms with van der Waals surface area (Å²) in [6, 6.07) is 7.89. The second kappa shape index (κ2) is 13.6. The summed E-state index contributed by atoms with van der Waals surface area (Å²) in [6.07, 6.45) is 1.69. The molecule has 1 aliphatic heterocycles. The van der Waals surface area contributed by atoms with Crippen molar-refractivity contribution in [2.75, 3.05) is 44.9 Å². The minimum atomic E-state index is -0.848. The van der Waals surface area contributed by atoms with Crippen molar-refractivity contribution in [2.45, 2.75) is 40.7 Å². The second-order valence-corrected chi connectivity index (χ2v) is 10.2. The number of hydrogen-bond acceptors (Lipinski definition) is 11. The molecule has 0 radical (unpaired) electrons. The first-order chi connectivity index (χ1) is 20.3. The lowest BCUT2D eigenvalue weighted by molar-refractivity contribution is -0.143. The van der Waals surface area contributed by atoms with Gasteiger partial charge >= 0.3 is 11.9 Å². The van der Waals surface area contributed by atoms with Crippen molar-refractivity contribution in [3.05, 3.63) is 72.6 Å². The maximum atomic E-state index is 13.9. The first-order valence-corrected chi connectivity index (χ1v) is 14.6. The summed E-state index contributed by atoms with van der Waals surface area (Å²) in [5.41, 5.74) is 0.929. The van der Waals surface area contributed by atoms with E-state index in [1.54, 1.807) is 38.1 Å². The standard InChI is InChI=1S/C30H35N3O8S/c1-7-32(8-2)24-14-12-20(41-24)16-23-28(35)33-27(26(29(36)39-10-4)18(5)31-30(33)42-23)19-11-13-21(22(15-19)38-9-3)40-17-25(34)37-6/h11-16,27H,7-10,17H2,1-6H3/b23-16-/t27-/m0/s1. The molecule has 0 amide bonds. The van der Waals surface area contributed by atoms with E-state index in [4.69, 9.17) is 18.6 Å². The highest BCUT2D eigenvalue weighted by Gasteiger charge is 2.34. The van der Waals surface area contributed by atoms with Gasteiger partial charge in [0.15, 0.2) is 28.8 Å². The number of furan rings is 1. The zero-order valence-electron chi connectivity index (χ0n) is 24.6. The van der Waals surface area contributed by atoms with Gasteiger partial charge in [-0.3, -0.25) is 9.36 Å². The van der Waals surface area contributed by atoms with Crippen LogP contribution in [0.25, 0.3) is 6.08 Å². The fourth-order valence-electron chi connectivity index (χ4n) is 4.64. The SMILES string of the molecule is CCOC(=O)C1=C(C)N=c2s/c(=C\c3ccc(N(CC)CC)o3)c(=O)n2[C@H]1c1ccc(OCC(=O)OC)c(OCC)c1. The molecule has 0 bridgehead atoms. The molecule has 0 unspecified atom stereocenters. The van der Waals surface area contributed by atoms with Crippen LogP contribution in [0.4, 0.5) is 5.88 Å². The monoisotopic (exact) mass is 597 g/mol. The highest BCUT2D eigenvalue weighted by atomic mass is 32.1. The van der Waals surface area contributed by atoms with Gasteiger partial charge in [-0.1, -0.05) is 17.4 Å². The van der Waals surface area contributed by atoms with Gasteiger partial charge in [0.2, 0.25) is 0 Å². The molecule has 3 heterocycles. The number of rotatable bonds is 12. The molecule has 0 saturated carbocycles. The molecule has 0 fully saturated rings. The largest absolute Gasteiger partial charge is 0.490 e. The number of benzene rings is 1. The first kappa shape index (κ1) is 30.6. The summed E-state index contributed by atoms with van der Waals surface area (Å²) in [5.74, 6) is 0.799. The Labute approximate surface area is 247 Å². The van der Waals surface area contributed by atoms with Crippen molar-refractivity contribution in [3.63, 3.8) is 0 Å². The van der Waals surface area contributed by atoms with Gasteiger partial charge in [-0.15, -0.1) is 0 Å². The molecule has 0 N–H and O–H groups in total. The molecule has 1 atom stereocenters. The van der Waals surface area contributed by atoms with E-state index in [0.29, 0.717) is 44.5 Å². The molecule has 11 nitrogen and oxygen atoms in total. The normalized spacial score (nSPS) is 14.7. The number of thiazole rings is 1. The van der Waals surface area contributed by atoms with Gasteiger partial charge in [0.05, 0.1) is 42.2 Å². The van der Waals surface area contributed by atoms with E-state index < -0.39 is 18.0 Å². The fourth-order valence-corrected chi connectivity index (χ4v) is 5.67. The summed E-state index contributed by atoms with van der Waals surface area (Å²) in [6.45, 7) is 11.1. The summed E-state index contributed by atoms with van der Waals surface area (Å²) < 4.78 is 29.4. The average Bonchev–Trinajstić information content (AvgIpc) is 3.56. The van der Waals surface area contributed by atoms with Gasteiger partial charge in [0.25, 0.3) is 5.56 Å². The van der Waals surface area contributed by atoms with Crippen LogP contribution in [0.5, 0.6) is 11.5 Å². The summed E-state index contributed by atoms with van der Waals surface area (Å²) >= 11 is 1.21. The molecule has 0 spiro atoms. The Balaban J connectivity index is 1.86. The van der Waals surface area contributed by atoms with Crippen LogP contribution in [0.3, 0.4) is 0 Å². The Bertz CT molecular complexity index is 1660. The quantitative estimate of drug-likeness (QED) is 0.290. The first-order valence-electron chi connectivity index (χ1n) is 13.8. The number of nitrogens with zero attached hydrogens (tertiary/aromatic N) is 3. The van der Waals surface area contributed by atoms with Gasteiger partial charge in [-0.2, -0.15) is 0 Å². The number of hydrogen-bond donors (Lipinski definition) is 0. The Kier molecular flexibility index (Phi) is 9.89. The third kappa shape index (κ3) is 6.28. The molecule has 224 valence electrons. The Morgan fingerprint density at radius 2 is 1.83 bits per heavy atom. The number of carbonyl (C=O) groups excluding carboxylic acids is 2. The van der Waals surface area contributed by atoms with Crippen LogP contribution in [0.15, 0.2) is 55.8 Å². The molecule has 4 rings (SSSR count). The molecule has 0 aliphatic carbocycles. The number of aromatic nitrogens is 1. The third-order valence-corrected chi connectivity index (χ3v) is 7.62. The van der Waals surface area contributed by atoms with Gasteiger partial charge in [-0.25, -0.2) is 14.6 Å². The van der Waals surface area contributed by atoms with Crippen molar-refractivity contribution in [2.24, 2.45) is 4.99 Å². The van der Waals surface area contributed by atoms with Crippen LogP contribution < -0.4 is 29.3 Å². The molecule has 1 aromatic carbocycles. The van der Waals surface area contributed by atoms with Crippen LogP contribution in [0.1, 0.15) is 52.0 Å². The highest BCUT2D eigenvalue weighted by Crippen LogP contribution is 2.36. The maximum absolute atomic E-state index is 13.9. The lowest BCUT2D eigenvalue weighted by Gasteiger charge is -2.25. The zero-order chi connectivity index (χ0) is 30.4. The Hall–Kier alpha value is -4.32. The van der Waals surface area contributed by atoms with Crippen LogP contribution in [0.2, 0.25) is 0 Å². The molecule has 3 aromatic rings. The minimum Gasteiger partial charge on any atom is -0.490 e. The van der Waals surface area contributed by atoms with Crippen LogP contribution in [-0.2, 0) is 19.1 Å². The molecular formula is C30H35N3O8S. The van der Waals surface area contributed by atoms with Crippen molar-refractivity contribution in [3.8, 4) is 11.5 Å².